The van der Waals surface area contributed by atoms with Crippen molar-refractivity contribution in [3.8, 4) is 17.0 Å². The zero-order chi connectivity index (χ0) is 26.4. The minimum atomic E-state index is -2.88. The van der Waals surface area contributed by atoms with E-state index in [4.69, 9.17) is 0 Å². The summed E-state index contributed by atoms with van der Waals surface area (Å²) in [7, 11) is 0. The van der Waals surface area contributed by atoms with Gasteiger partial charge in [0.05, 0.1) is 17.6 Å². The minimum Gasteiger partial charge on any atom is -0.435 e. The number of aliphatic hydroxyl groups is 2. The molecule has 1 aliphatic rings. The third kappa shape index (κ3) is 6.12. The molecule has 0 unspecified atom stereocenters. The first kappa shape index (κ1) is 26.2. The molecule has 4 rings (SSSR count). The Morgan fingerprint density at radius 1 is 1.14 bits per heavy atom. The van der Waals surface area contributed by atoms with E-state index in [-0.39, 0.29) is 24.7 Å². The number of ether oxygens (including phenoxy) is 1. The van der Waals surface area contributed by atoms with Crippen molar-refractivity contribution in [3.63, 3.8) is 0 Å². The number of halogens is 2. The van der Waals surface area contributed by atoms with Crippen LogP contribution in [0.1, 0.15) is 41.0 Å². The van der Waals surface area contributed by atoms with Crippen LogP contribution < -0.4 is 10.1 Å². The normalized spacial score (nSPS) is 12.9. The summed E-state index contributed by atoms with van der Waals surface area (Å²) in [4.78, 5) is 17.5. The molecule has 0 saturated carbocycles. The Morgan fingerprint density at radius 3 is 2.51 bits per heavy atom. The van der Waals surface area contributed by atoms with Gasteiger partial charge in [-0.25, -0.2) is 4.98 Å². The fraction of sp³-hybridized carbons (Fsp3) is 0.286. The number of Topliss-reactive ketones (excluding diaryl/α,β-unsaturated/α-hetero) is 1. The number of hydrogen-bond donors (Lipinski definition) is 3. The van der Waals surface area contributed by atoms with E-state index in [1.54, 1.807) is 24.4 Å². The molecule has 0 spiro atoms. The molecule has 194 valence electrons. The summed E-state index contributed by atoms with van der Waals surface area (Å²) in [5.41, 5.74) is 4.51. The van der Waals surface area contributed by atoms with Crippen LogP contribution in [0.15, 0.2) is 60.8 Å². The highest BCUT2D eigenvalue weighted by Gasteiger charge is 2.21. The van der Waals surface area contributed by atoms with Crippen LogP contribution in [-0.2, 0) is 0 Å². The van der Waals surface area contributed by atoms with Crippen LogP contribution >= 0.6 is 0 Å². The van der Waals surface area contributed by atoms with Crippen molar-refractivity contribution in [2.75, 3.05) is 18.5 Å². The number of alkyl halides is 2. The number of aromatic nitrogens is 2. The molecule has 1 aromatic heterocycles. The minimum absolute atomic E-state index is 0.0866. The largest absolute Gasteiger partial charge is 0.435 e. The number of aryl methyl sites for hydroxylation is 1. The number of nitrogens with zero attached hydrogens (tertiary/aromatic N) is 2. The van der Waals surface area contributed by atoms with Gasteiger partial charge in [0.25, 0.3) is 0 Å². The van der Waals surface area contributed by atoms with E-state index in [1.807, 2.05) is 42.0 Å². The number of carbonyl (C=O) groups is 1. The average Bonchev–Trinajstić information content (AvgIpc) is 3.19. The summed E-state index contributed by atoms with van der Waals surface area (Å²) in [6, 6.07) is 11.9. The number of anilines is 1. The quantitative estimate of drug-likeness (QED) is 0.302. The average molecular weight is 510 g/mol. The van der Waals surface area contributed by atoms with Crippen molar-refractivity contribution in [2.45, 2.75) is 32.8 Å². The second-order valence-electron chi connectivity index (χ2n) is 8.72. The number of fused-ring (bicyclic) bond motifs is 1. The summed E-state index contributed by atoms with van der Waals surface area (Å²) in [5.74, 6) is 0.254. The molecule has 0 aliphatic carbocycles. The highest BCUT2D eigenvalue weighted by Crippen LogP contribution is 2.30. The summed E-state index contributed by atoms with van der Waals surface area (Å²) < 4.78 is 31.3. The van der Waals surface area contributed by atoms with Crippen LogP contribution in [0.25, 0.3) is 23.2 Å². The molecule has 7 nitrogen and oxygen atoms in total. The maximum absolute atomic E-state index is 12.9. The summed E-state index contributed by atoms with van der Waals surface area (Å²) >= 11 is 0. The van der Waals surface area contributed by atoms with Crippen molar-refractivity contribution in [1.29, 1.82) is 0 Å². The van der Waals surface area contributed by atoms with E-state index in [2.05, 4.69) is 15.0 Å². The number of aliphatic hydroxyl groups excluding tert-OH is 2. The van der Waals surface area contributed by atoms with Crippen molar-refractivity contribution in [3.05, 3.63) is 77.8 Å². The third-order valence-electron chi connectivity index (χ3n) is 6.22. The van der Waals surface area contributed by atoms with Crippen LogP contribution in [0.5, 0.6) is 5.75 Å². The van der Waals surface area contributed by atoms with Gasteiger partial charge < -0.3 is 20.3 Å². The van der Waals surface area contributed by atoms with Gasteiger partial charge in [-0.15, -0.1) is 0 Å². The Balaban J connectivity index is 1.56. The van der Waals surface area contributed by atoms with Crippen LogP contribution in [-0.4, -0.2) is 45.4 Å². The van der Waals surface area contributed by atoms with Gasteiger partial charge in [-0.05, 0) is 74.2 Å². The molecule has 0 radical (unpaired) electrons. The molecular formula is C28H29F2N3O4. The van der Waals surface area contributed by atoms with Crippen LogP contribution in [0.2, 0.25) is 0 Å². The Morgan fingerprint density at radius 2 is 1.86 bits per heavy atom. The molecule has 0 atom stereocenters. The lowest BCUT2D eigenvalue weighted by Crippen LogP contribution is -2.19. The van der Waals surface area contributed by atoms with Gasteiger partial charge in [0, 0.05) is 42.1 Å². The second kappa shape index (κ2) is 11.9. The smallest absolute Gasteiger partial charge is 0.387 e. The van der Waals surface area contributed by atoms with Gasteiger partial charge in [0.15, 0.2) is 11.6 Å². The third-order valence-corrected chi connectivity index (χ3v) is 6.22. The lowest BCUT2D eigenvalue weighted by atomic mass is 9.90. The van der Waals surface area contributed by atoms with Gasteiger partial charge in [0.2, 0.25) is 0 Å². The summed E-state index contributed by atoms with van der Waals surface area (Å²) in [6.07, 6.45) is 8.94. The number of rotatable bonds is 11. The number of benzene rings is 2. The van der Waals surface area contributed by atoms with E-state index in [0.29, 0.717) is 30.7 Å². The van der Waals surface area contributed by atoms with E-state index in [9.17, 15) is 23.8 Å². The molecule has 0 amide bonds. The number of carbonyl (C=O) groups excluding carboxylic acids is 1. The number of nitrogens with one attached hydrogen (secondary N) is 1. The number of hydrogen-bond acceptors (Lipinski definition) is 6. The zero-order valence-electron chi connectivity index (χ0n) is 20.4. The number of imidazole rings is 1. The molecular weight excluding hydrogens is 480 g/mol. The Kier molecular flexibility index (Phi) is 8.47. The van der Waals surface area contributed by atoms with Gasteiger partial charge in [-0.1, -0.05) is 12.2 Å². The first-order valence-corrected chi connectivity index (χ1v) is 12.0. The Bertz CT molecular complexity index is 1290. The molecule has 9 heteroatoms. The maximum atomic E-state index is 12.9. The Hall–Kier alpha value is -3.82. The number of ketones is 1. The lowest BCUT2D eigenvalue weighted by Gasteiger charge is -2.17. The first-order valence-electron chi connectivity index (χ1n) is 12.0. The molecule has 0 bridgehead atoms. The first-order chi connectivity index (χ1) is 17.9. The van der Waals surface area contributed by atoms with E-state index < -0.39 is 12.5 Å². The van der Waals surface area contributed by atoms with E-state index >= 15 is 0 Å². The van der Waals surface area contributed by atoms with Gasteiger partial charge in [-0.2, -0.15) is 8.78 Å². The molecule has 37 heavy (non-hydrogen) atoms. The fourth-order valence-corrected chi connectivity index (χ4v) is 4.39. The second-order valence-corrected chi connectivity index (χ2v) is 8.72. The zero-order valence-corrected chi connectivity index (χ0v) is 20.4. The van der Waals surface area contributed by atoms with Crippen LogP contribution in [0.3, 0.4) is 0 Å². The van der Waals surface area contributed by atoms with Crippen molar-refractivity contribution < 1.29 is 28.5 Å². The van der Waals surface area contributed by atoms with Crippen molar-refractivity contribution >= 4 is 23.4 Å². The molecule has 1 aliphatic heterocycles. The summed E-state index contributed by atoms with van der Waals surface area (Å²) in [6.45, 7) is -1.24. The highest BCUT2D eigenvalue weighted by molar-refractivity contribution is 5.99. The SMILES string of the molecule is Cc1cc(NC2=CCC=Cn3c(-c4ccc(OC(F)F)cc4)cnc32)ccc1C(=O)C(CCO)CCO. The topological polar surface area (TPSA) is 96.6 Å². The number of allylic oxidation sites excluding steroid dienone is 2. The standard InChI is InChI=1S/C28H29F2N3O4/c1-18-16-21(7-10-23(18)26(36)20(11-14-34)12-15-35)32-24-4-2-3-13-33-25(17-31-27(24)33)19-5-8-22(9-6-19)37-28(29)30/h3-10,13,16-17,20,28,32,34-35H,2,11-12,14-15H2,1H3. The molecule has 2 heterocycles. The van der Waals surface area contributed by atoms with Gasteiger partial charge >= 0.3 is 6.61 Å². The van der Waals surface area contributed by atoms with E-state index in [0.717, 1.165) is 28.2 Å². The predicted octanol–water partition coefficient (Wildman–Crippen LogP) is 5.35. The predicted molar refractivity (Wildman–Crippen MR) is 138 cm³/mol. The lowest BCUT2D eigenvalue weighted by molar-refractivity contribution is -0.0498. The van der Waals surface area contributed by atoms with Crippen LogP contribution in [0.4, 0.5) is 14.5 Å². The van der Waals surface area contributed by atoms with Crippen molar-refractivity contribution in [2.24, 2.45) is 5.92 Å². The molecule has 0 fully saturated rings. The molecule has 0 saturated heterocycles. The monoisotopic (exact) mass is 509 g/mol. The van der Waals surface area contributed by atoms with Gasteiger partial charge in [-0.3, -0.25) is 9.36 Å². The summed E-state index contributed by atoms with van der Waals surface area (Å²) in [5, 5.41) is 22.0. The molecule has 2 aromatic carbocycles. The molecule has 3 N–H and O–H groups in total. The molecule has 3 aromatic rings. The van der Waals surface area contributed by atoms with E-state index in [1.165, 1.54) is 12.1 Å². The maximum Gasteiger partial charge on any atom is 0.387 e. The fourth-order valence-electron chi connectivity index (χ4n) is 4.39. The Labute approximate surface area is 213 Å². The van der Waals surface area contributed by atoms with Crippen molar-refractivity contribution in [1.82, 2.24) is 9.55 Å². The van der Waals surface area contributed by atoms with Crippen LogP contribution in [0, 0.1) is 12.8 Å². The highest BCUT2D eigenvalue weighted by atomic mass is 19.3. The van der Waals surface area contributed by atoms with Gasteiger partial charge in [0.1, 0.15) is 5.75 Å².